The molecule has 0 radical (unpaired) electrons. The average Bonchev–Trinajstić information content (AvgIpc) is 2.50. The van der Waals surface area contributed by atoms with Gasteiger partial charge >= 0.3 is 0 Å². The van der Waals surface area contributed by atoms with E-state index >= 15 is 0 Å². The van der Waals surface area contributed by atoms with E-state index in [9.17, 15) is 24.3 Å². The summed E-state index contributed by atoms with van der Waals surface area (Å²) in [6.45, 7) is 10.9. The highest BCUT2D eigenvalue weighted by Gasteiger charge is 2.58. The van der Waals surface area contributed by atoms with Crippen LogP contribution in [0.3, 0.4) is 0 Å². The third kappa shape index (κ3) is 4.85. The fourth-order valence-corrected chi connectivity index (χ4v) is 3.06. The average molecular weight is 362 g/mol. The van der Waals surface area contributed by atoms with Crippen molar-refractivity contribution in [1.82, 2.24) is 0 Å². The van der Waals surface area contributed by atoms with Crippen LogP contribution < -0.4 is 0 Å². The molecule has 1 saturated carbocycles. The van der Waals surface area contributed by atoms with Crippen molar-refractivity contribution in [2.24, 2.45) is 17.8 Å². The topological polar surface area (TPSA) is 88.5 Å². The number of hydrogen-bond acceptors (Lipinski definition) is 5. The Hall–Kier alpha value is -1.88. The summed E-state index contributed by atoms with van der Waals surface area (Å²) in [6.07, 6.45) is 3.26. The number of carbonyl (C=O) groups is 4. The third-order valence-corrected chi connectivity index (χ3v) is 4.52. The number of hydrogen-bond donors (Lipinski definition) is 1. The summed E-state index contributed by atoms with van der Waals surface area (Å²) >= 11 is 0. The van der Waals surface area contributed by atoms with Crippen LogP contribution in [0.2, 0.25) is 0 Å². The quantitative estimate of drug-likeness (QED) is 0.555. The van der Waals surface area contributed by atoms with Gasteiger partial charge in [0.05, 0.1) is 5.92 Å². The Balaban J connectivity index is 3.38. The zero-order valence-electron chi connectivity index (χ0n) is 16.6. The molecule has 5 nitrogen and oxygen atoms in total. The van der Waals surface area contributed by atoms with Gasteiger partial charge in [-0.3, -0.25) is 19.2 Å². The lowest BCUT2D eigenvalue weighted by Crippen LogP contribution is -2.62. The predicted octanol–water partition coefficient (Wildman–Crippen LogP) is 3.00. The van der Waals surface area contributed by atoms with Crippen molar-refractivity contribution in [3.8, 4) is 0 Å². The van der Waals surface area contributed by atoms with Crippen LogP contribution in [0, 0.1) is 17.8 Å². The largest absolute Gasteiger partial charge is 0.374 e. The van der Waals surface area contributed by atoms with Gasteiger partial charge in [0.2, 0.25) is 0 Å². The van der Waals surface area contributed by atoms with Crippen molar-refractivity contribution in [2.45, 2.75) is 66.4 Å². The third-order valence-electron chi connectivity index (χ3n) is 4.52. The maximum Gasteiger partial charge on any atom is 0.190 e. The molecule has 0 aliphatic heterocycles. The van der Waals surface area contributed by atoms with Crippen LogP contribution in [-0.4, -0.2) is 33.8 Å². The van der Waals surface area contributed by atoms with Crippen LogP contribution in [0.1, 0.15) is 60.8 Å². The van der Waals surface area contributed by atoms with E-state index < -0.39 is 40.6 Å². The highest BCUT2D eigenvalue weighted by molar-refractivity contribution is 6.35. The Morgan fingerprint density at radius 1 is 1.04 bits per heavy atom. The molecule has 3 atom stereocenters. The van der Waals surface area contributed by atoms with Crippen molar-refractivity contribution < 1.29 is 24.3 Å². The standard InChI is InChI=1S/C21H30O5/c1-12(2)7-8-15-18(23)17(16(22)11-14(5)6)20(25)21(26,19(15)24)10-9-13(3)4/h7,9,14-15,17,26H,8,10-11H2,1-6H3/t15?,17?,21-/m1/s1. The molecular weight excluding hydrogens is 332 g/mol. The monoisotopic (exact) mass is 362 g/mol. The molecule has 2 unspecified atom stereocenters. The highest BCUT2D eigenvalue weighted by atomic mass is 16.3. The van der Waals surface area contributed by atoms with Gasteiger partial charge < -0.3 is 5.11 Å². The molecule has 0 saturated heterocycles. The summed E-state index contributed by atoms with van der Waals surface area (Å²) in [6, 6.07) is 0. The summed E-state index contributed by atoms with van der Waals surface area (Å²) in [4.78, 5) is 51.0. The van der Waals surface area contributed by atoms with Crippen LogP contribution in [-0.2, 0) is 19.2 Å². The Bertz CT molecular complexity index is 660. The first kappa shape index (κ1) is 22.2. The fraction of sp³-hybridized carbons (Fsp3) is 0.619. The second kappa shape index (κ2) is 8.67. The van der Waals surface area contributed by atoms with Crippen LogP contribution >= 0.6 is 0 Å². The zero-order chi connectivity index (χ0) is 20.2. The van der Waals surface area contributed by atoms with Gasteiger partial charge in [-0.1, -0.05) is 37.1 Å². The molecule has 0 spiro atoms. The molecule has 0 heterocycles. The minimum Gasteiger partial charge on any atom is -0.374 e. The summed E-state index contributed by atoms with van der Waals surface area (Å²) in [7, 11) is 0. The van der Waals surface area contributed by atoms with E-state index in [2.05, 4.69) is 0 Å². The summed E-state index contributed by atoms with van der Waals surface area (Å²) in [5.74, 6) is -5.70. The Morgan fingerprint density at radius 2 is 1.58 bits per heavy atom. The molecule has 1 rings (SSSR count). The van der Waals surface area contributed by atoms with Crippen molar-refractivity contribution >= 4 is 23.1 Å². The van der Waals surface area contributed by atoms with E-state index in [-0.39, 0.29) is 25.2 Å². The van der Waals surface area contributed by atoms with Gasteiger partial charge in [-0.05, 0) is 40.0 Å². The Kier molecular flexibility index (Phi) is 7.39. The molecule has 0 aromatic carbocycles. The number of carbonyl (C=O) groups excluding carboxylic acids is 4. The molecule has 26 heavy (non-hydrogen) atoms. The number of aliphatic hydroxyl groups is 1. The van der Waals surface area contributed by atoms with E-state index in [0.29, 0.717) is 0 Å². The molecular formula is C21H30O5. The molecule has 1 N–H and O–H groups in total. The summed E-state index contributed by atoms with van der Waals surface area (Å²) < 4.78 is 0. The molecule has 1 fully saturated rings. The fourth-order valence-electron chi connectivity index (χ4n) is 3.06. The van der Waals surface area contributed by atoms with Gasteiger partial charge in [-0.2, -0.15) is 0 Å². The highest BCUT2D eigenvalue weighted by Crippen LogP contribution is 2.34. The van der Waals surface area contributed by atoms with E-state index in [1.165, 1.54) is 0 Å². The van der Waals surface area contributed by atoms with Crippen molar-refractivity contribution in [2.75, 3.05) is 0 Å². The molecule has 5 heteroatoms. The maximum atomic E-state index is 12.8. The molecule has 1 aliphatic carbocycles. The van der Waals surface area contributed by atoms with E-state index in [4.69, 9.17) is 0 Å². The van der Waals surface area contributed by atoms with Gasteiger partial charge in [0.1, 0.15) is 5.92 Å². The number of allylic oxidation sites excluding steroid dienone is 3. The number of rotatable bonds is 7. The first-order valence-corrected chi connectivity index (χ1v) is 9.06. The van der Waals surface area contributed by atoms with Gasteiger partial charge in [-0.15, -0.1) is 0 Å². The molecule has 1 aliphatic rings. The van der Waals surface area contributed by atoms with Gasteiger partial charge in [0, 0.05) is 12.8 Å². The predicted molar refractivity (Wildman–Crippen MR) is 99.5 cm³/mol. The number of ketones is 4. The smallest absolute Gasteiger partial charge is 0.190 e. The van der Waals surface area contributed by atoms with Gasteiger partial charge in [-0.25, -0.2) is 0 Å². The minimum absolute atomic E-state index is 0.0252. The maximum absolute atomic E-state index is 12.8. The Morgan fingerprint density at radius 3 is 2.04 bits per heavy atom. The van der Waals surface area contributed by atoms with Gasteiger partial charge in [0.25, 0.3) is 0 Å². The van der Waals surface area contributed by atoms with E-state index in [0.717, 1.165) is 11.1 Å². The normalized spacial score (nSPS) is 26.1. The Labute approximate surface area is 155 Å². The first-order valence-electron chi connectivity index (χ1n) is 9.06. The lowest BCUT2D eigenvalue weighted by molar-refractivity contribution is -0.166. The molecule has 0 bridgehead atoms. The second-order valence-corrected chi connectivity index (χ2v) is 8.04. The van der Waals surface area contributed by atoms with Crippen LogP contribution in [0.4, 0.5) is 0 Å². The minimum atomic E-state index is -2.32. The SMILES string of the molecule is CC(C)=CCC1C(=O)C(C(=O)CC(C)C)C(=O)[C@@](O)(CC=C(C)C)C1=O. The van der Waals surface area contributed by atoms with E-state index in [1.807, 2.05) is 27.7 Å². The van der Waals surface area contributed by atoms with Gasteiger partial charge in [0.15, 0.2) is 28.7 Å². The summed E-state index contributed by atoms with van der Waals surface area (Å²) in [5, 5.41) is 10.9. The van der Waals surface area contributed by atoms with Crippen LogP contribution in [0.15, 0.2) is 23.3 Å². The molecule has 144 valence electrons. The molecule has 0 amide bonds. The molecule has 0 aromatic heterocycles. The van der Waals surface area contributed by atoms with Crippen molar-refractivity contribution in [1.29, 1.82) is 0 Å². The lowest BCUT2D eigenvalue weighted by Gasteiger charge is -2.36. The zero-order valence-corrected chi connectivity index (χ0v) is 16.6. The second-order valence-electron chi connectivity index (χ2n) is 8.04. The number of Topliss-reactive ketones (excluding diaryl/α,β-unsaturated/α-hetero) is 4. The first-order chi connectivity index (χ1) is 11.9. The van der Waals surface area contributed by atoms with Crippen LogP contribution in [0.5, 0.6) is 0 Å². The molecule has 0 aromatic rings. The van der Waals surface area contributed by atoms with Crippen molar-refractivity contribution in [3.63, 3.8) is 0 Å². The van der Waals surface area contributed by atoms with Crippen molar-refractivity contribution in [3.05, 3.63) is 23.3 Å². The lowest BCUT2D eigenvalue weighted by atomic mass is 9.65. The van der Waals surface area contributed by atoms with E-state index in [1.54, 1.807) is 26.0 Å². The summed E-state index contributed by atoms with van der Waals surface area (Å²) in [5.41, 5.74) is -0.565. The van der Waals surface area contributed by atoms with Crippen LogP contribution in [0.25, 0.3) is 0 Å².